The fraction of sp³-hybridized carbons (Fsp3) is 0.474. The Kier molecular flexibility index (Phi) is 10.3. The van der Waals surface area contributed by atoms with Gasteiger partial charge in [0.2, 0.25) is 5.91 Å². The van der Waals surface area contributed by atoms with Crippen molar-refractivity contribution in [2.75, 3.05) is 26.7 Å². The fourth-order valence-corrected chi connectivity index (χ4v) is 3.10. The highest BCUT2D eigenvalue weighted by molar-refractivity contribution is 14.0. The standard InChI is InChI=1S/C19H29N5O.HI/c1-3-9-22-19(21-2)23-12-15-6-4-7-16(11-15)13-24-10-5-8-17(14-24)18(20)25;/h3-4,6-7,11,17H,1,5,8-10,12-14H2,2H3,(H2,20,25)(H2,21,22,23);1H. The van der Waals surface area contributed by atoms with Crippen LogP contribution in [0.25, 0.3) is 0 Å². The van der Waals surface area contributed by atoms with Crippen LogP contribution in [0.4, 0.5) is 0 Å². The number of nitrogens with one attached hydrogen (secondary N) is 2. The number of nitrogens with zero attached hydrogens (tertiary/aromatic N) is 2. The van der Waals surface area contributed by atoms with Gasteiger partial charge in [-0.05, 0) is 30.5 Å². The largest absolute Gasteiger partial charge is 0.369 e. The molecule has 1 saturated heterocycles. The molecule has 0 spiro atoms. The Morgan fingerprint density at radius 2 is 2.19 bits per heavy atom. The topological polar surface area (TPSA) is 82.8 Å². The van der Waals surface area contributed by atoms with Gasteiger partial charge in [-0.25, -0.2) is 0 Å². The first-order chi connectivity index (χ1) is 12.1. The summed E-state index contributed by atoms with van der Waals surface area (Å²) in [7, 11) is 1.75. The van der Waals surface area contributed by atoms with Crippen LogP contribution in [-0.2, 0) is 17.9 Å². The van der Waals surface area contributed by atoms with E-state index in [0.717, 1.165) is 38.4 Å². The van der Waals surface area contributed by atoms with Crippen LogP contribution in [0.15, 0.2) is 41.9 Å². The molecule has 1 aliphatic rings. The number of hydrogen-bond acceptors (Lipinski definition) is 3. The number of primary amides is 1. The molecule has 0 aromatic heterocycles. The molecular weight excluding hydrogens is 441 g/mol. The Morgan fingerprint density at radius 3 is 2.88 bits per heavy atom. The molecule has 0 saturated carbocycles. The Balaban J connectivity index is 0.00000338. The minimum atomic E-state index is -0.180. The van der Waals surface area contributed by atoms with Gasteiger partial charge >= 0.3 is 0 Å². The maximum absolute atomic E-state index is 11.4. The molecule has 1 aromatic rings. The van der Waals surface area contributed by atoms with Crippen LogP contribution in [0.2, 0.25) is 0 Å². The lowest BCUT2D eigenvalue weighted by Crippen LogP contribution is -2.40. The summed E-state index contributed by atoms with van der Waals surface area (Å²) < 4.78 is 0. The summed E-state index contributed by atoms with van der Waals surface area (Å²) in [5.74, 6) is 0.560. The molecule has 1 fully saturated rings. The second-order valence-electron chi connectivity index (χ2n) is 6.39. The first kappa shape index (κ1) is 22.4. The second-order valence-corrected chi connectivity index (χ2v) is 6.39. The smallest absolute Gasteiger partial charge is 0.221 e. The SMILES string of the molecule is C=CCNC(=NC)NCc1cccc(CN2CCCC(C(N)=O)C2)c1.I. The third kappa shape index (κ3) is 7.33. The summed E-state index contributed by atoms with van der Waals surface area (Å²) in [6.07, 6.45) is 3.73. The molecule has 0 aliphatic carbocycles. The zero-order chi connectivity index (χ0) is 18.1. The minimum Gasteiger partial charge on any atom is -0.369 e. The van der Waals surface area contributed by atoms with Gasteiger partial charge in [0.15, 0.2) is 5.96 Å². The molecular formula is C19H30IN5O. The van der Waals surface area contributed by atoms with Crippen LogP contribution >= 0.6 is 24.0 Å². The van der Waals surface area contributed by atoms with Crippen molar-refractivity contribution in [3.05, 3.63) is 48.0 Å². The van der Waals surface area contributed by atoms with Crippen LogP contribution in [0.3, 0.4) is 0 Å². The lowest BCUT2D eigenvalue weighted by atomic mass is 9.97. The van der Waals surface area contributed by atoms with Gasteiger partial charge in [0.05, 0.1) is 5.92 Å². The number of benzene rings is 1. The molecule has 7 heteroatoms. The van der Waals surface area contributed by atoms with E-state index in [1.165, 1.54) is 11.1 Å². The van der Waals surface area contributed by atoms with E-state index in [2.05, 4.69) is 51.4 Å². The van der Waals surface area contributed by atoms with Gasteiger partial charge in [0.1, 0.15) is 0 Å². The van der Waals surface area contributed by atoms with Gasteiger partial charge < -0.3 is 16.4 Å². The highest BCUT2D eigenvalue weighted by Gasteiger charge is 2.23. The maximum Gasteiger partial charge on any atom is 0.221 e. The Morgan fingerprint density at radius 1 is 1.42 bits per heavy atom. The molecule has 6 nitrogen and oxygen atoms in total. The van der Waals surface area contributed by atoms with Crippen LogP contribution in [0.1, 0.15) is 24.0 Å². The third-order valence-corrected chi connectivity index (χ3v) is 4.40. The maximum atomic E-state index is 11.4. The van der Waals surface area contributed by atoms with E-state index >= 15 is 0 Å². The highest BCUT2D eigenvalue weighted by atomic mass is 127. The molecule has 144 valence electrons. The molecule has 1 heterocycles. The number of hydrogen-bond donors (Lipinski definition) is 3. The van der Waals surface area contributed by atoms with Gasteiger partial charge in [0, 0.05) is 33.2 Å². The fourth-order valence-electron chi connectivity index (χ4n) is 3.10. The summed E-state index contributed by atoms with van der Waals surface area (Å²) in [6, 6.07) is 8.49. The van der Waals surface area contributed by atoms with Crippen LogP contribution in [0.5, 0.6) is 0 Å². The average Bonchev–Trinajstić information content (AvgIpc) is 2.62. The summed E-state index contributed by atoms with van der Waals surface area (Å²) in [5, 5.41) is 6.44. The van der Waals surface area contributed by atoms with Crippen molar-refractivity contribution in [2.24, 2.45) is 16.6 Å². The van der Waals surface area contributed by atoms with Crippen molar-refractivity contribution in [3.63, 3.8) is 0 Å². The van der Waals surface area contributed by atoms with Gasteiger partial charge in [-0.2, -0.15) is 0 Å². The zero-order valence-electron chi connectivity index (χ0n) is 15.4. The predicted molar refractivity (Wildman–Crippen MR) is 117 cm³/mol. The zero-order valence-corrected chi connectivity index (χ0v) is 17.7. The average molecular weight is 471 g/mol. The van der Waals surface area contributed by atoms with Crippen LogP contribution in [-0.4, -0.2) is 43.4 Å². The third-order valence-electron chi connectivity index (χ3n) is 4.40. The lowest BCUT2D eigenvalue weighted by molar-refractivity contribution is -0.123. The van der Waals surface area contributed by atoms with Crippen molar-refractivity contribution in [1.29, 1.82) is 0 Å². The molecule has 4 N–H and O–H groups in total. The molecule has 1 aromatic carbocycles. The molecule has 0 bridgehead atoms. The molecule has 1 atom stereocenters. The van der Waals surface area contributed by atoms with Crippen molar-refractivity contribution in [1.82, 2.24) is 15.5 Å². The summed E-state index contributed by atoms with van der Waals surface area (Å²) >= 11 is 0. The Hall–Kier alpha value is -1.61. The minimum absolute atomic E-state index is 0. The van der Waals surface area contributed by atoms with Gasteiger partial charge in [-0.15, -0.1) is 30.6 Å². The van der Waals surface area contributed by atoms with Crippen molar-refractivity contribution < 1.29 is 4.79 Å². The van der Waals surface area contributed by atoms with E-state index in [0.29, 0.717) is 13.1 Å². The number of nitrogens with two attached hydrogens (primary N) is 1. The predicted octanol–water partition coefficient (Wildman–Crippen LogP) is 1.85. The number of halogens is 1. The van der Waals surface area contributed by atoms with Crippen LogP contribution in [0, 0.1) is 5.92 Å². The normalized spacial score (nSPS) is 17.9. The first-order valence-corrected chi connectivity index (χ1v) is 8.77. The quantitative estimate of drug-likeness (QED) is 0.246. The first-order valence-electron chi connectivity index (χ1n) is 8.77. The van der Waals surface area contributed by atoms with E-state index in [4.69, 9.17) is 5.73 Å². The van der Waals surface area contributed by atoms with Crippen molar-refractivity contribution in [2.45, 2.75) is 25.9 Å². The van der Waals surface area contributed by atoms with E-state index in [1.54, 1.807) is 13.1 Å². The van der Waals surface area contributed by atoms with Crippen LogP contribution < -0.4 is 16.4 Å². The molecule has 26 heavy (non-hydrogen) atoms. The van der Waals surface area contributed by atoms with E-state index in [-0.39, 0.29) is 35.8 Å². The molecule has 1 amide bonds. The molecule has 1 aliphatic heterocycles. The number of guanidine groups is 1. The van der Waals surface area contributed by atoms with Crippen molar-refractivity contribution >= 4 is 35.8 Å². The Bertz CT molecular complexity index is 620. The summed E-state index contributed by atoms with van der Waals surface area (Å²) in [4.78, 5) is 17.9. The van der Waals surface area contributed by atoms with E-state index in [1.807, 2.05) is 0 Å². The highest BCUT2D eigenvalue weighted by Crippen LogP contribution is 2.18. The second kappa shape index (κ2) is 11.9. The van der Waals surface area contributed by atoms with Crippen molar-refractivity contribution in [3.8, 4) is 0 Å². The van der Waals surface area contributed by atoms with Gasteiger partial charge in [-0.1, -0.05) is 30.3 Å². The number of carbonyl (C=O) groups excluding carboxylic acids is 1. The number of aliphatic imine (C=N–C) groups is 1. The summed E-state index contributed by atoms with van der Waals surface area (Å²) in [5.41, 5.74) is 7.91. The number of carbonyl (C=O) groups is 1. The number of likely N-dealkylation sites (tertiary alicyclic amines) is 1. The molecule has 2 rings (SSSR count). The van der Waals surface area contributed by atoms with Gasteiger partial charge in [-0.3, -0.25) is 14.7 Å². The molecule has 0 radical (unpaired) electrons. The lowest BCUT2D eigenvalue weighted by Gasteiger charge is -2.31. The molecule has 1 unspecified atom stereocenters. The number of rotatable bonds is 7. The van der Waals surface area contributed by atoms with E-state index in [9.17, 15) is 4.79 Å². The van der Waals surface area contributed by atoms with E-state index < -0.39 is 0 Å². The number of amides is 1. The monoisotopic (exact) mass is 471 g/mol. The Labute approximate surface area is 173 Å². The number of piperidine rings is 1. The summed E-state index contributed by atoms with van der Waals surface area (Å²) in [6.45, 7) is 7.70. The van der Waals surface area contributed by atoms with Gasteiger partial charge in [0.25, 0.3) is 0 Å².